The van der Waals surface area contributed by atoms with Crippen LogP contribution in [0.3, 0.4) is 0 Å². The van der Waals surface area contributed by atoms with Crippen LogP contribution in [-0.2, 0) is 0 Å². The van der Waals surface area contributed by atoms with Gasteiger partial charge >= 0.3 is 0 Å². The van der Waals surface area contributed by atoms with Crippen LogP contribution >= 0.6 is 0 Å². The highest BCUT2D eigenvalue weighted by Crippen LogP contribution is 2.30. The maximum Gasteiger partial charge on any atom is 0.165 e. The number of nitrogens with zero attached hydrogens (tertiary/aromatic N) is 6. The number of hydrogen-bond donors (Lipinski definition) is 2. The number of likely N-dealkylation sites (tertiary alicyclic amines) is 1. The number of aromatic amines is 1. The van der Waals surface area contributed by atoms with E-state index < -0.39 is 5.82 Å². The van der Waals surface area contributed by atoms with E-state index in [0.717, 1.165) is 43.6 Å². The molecule has 4 aromatic rings. The fraction of sp³-hybridized carbons (Fsp3) is 0.333. The van der Waals surface area contributed by atoms with Crippen LogP contribution in [0.2, 0.25) is 0 Å². The molecule has 5 heterocycles. The number of piperidine rings is 1. The minimum atomic E-state index is -0.570. The largest absolute Gasteiger partial charge is 0.381 e. The number of pyridine rings is 1. The third-order valence-electron chi connectivity index (χ3n) is 5.84. The van der Waals surface area contributed by atoms with Crippen LogP contribution in [0.5, 0.6) is 0 Å². The second-order valence-electron chi connectivity index (χ2n) is 7.62. The number of rotatable bonds is 4. The summed E-state index contributed by atoms with van der Waals surface area (Å²) in [7, 11) is 0. The van der Waals surface area contributed by atoms with Crippen LogP contribution < -0.4 is 5.73 Å². The van der Waals surface area contributed by atoms with E-state index in [1.807, 2.05) is 12.4 Å². The van der Waals surface area contributed by atoms with Gasteiger partial charge in [-0.3, -0.25) is 4.68 Å². The normalized spacial score (nSPS) is 15.8. The first-order chi connectivity index (χ1) is 14.6. The molecule has 154 valence electrons. The number of hydrogen-bond acceptors (Lipinski definition) is 6. The molecular weight excluding hydrogens is 383 g/mol. The van der Waals surface area contributed by atoms with Crippen LogP contribution in [0.25, 0.3) is 33.5 Å². The van der Waals surface area contributed by atoms with Gasteiger partial charge < -0.3 is 15.6 Å². The highest BCUT2D eigenvalue weighted by Gasteiger charge is 2.21. The molecule has 1 aliphatic heterocycles. The lowest BCUT2D eigenvalue weighted by atomic mass is 10.1. The SMILES string of the molecule is CCN1CCC(n2cc(-c3c[nH]c4ncc(-c5cnc(N)c(F)c5)nc34)cn2)CC1. The molecule has 0 aromatic carbocycles. The van der Waals surface area contributed by atoms with E-state index in [9.17, 15) is 4.39 Å². The third-order valence-corrected chi connectivity index (χ3v) is 5.84. The van der Waals surface area contributed by atoms with Crippen LogP contribution in [0.4, 0.5) is 10.2 Å². The van der Waals surface area contributed by atoms with Crippen molar-refractivity contribution in [2.24, 2.45) is 0 Å². The molecule has 0 bridgehead atoms. The number of halogens is 1. The van der Waals surface area contributed by atoms with Crippen molar-refractivity contribution in [1.29, 1.82) is 0 Å². The summed E-state index contributed by atoms with van der Waals surface area (Å²) in [4.78, 5) is 18.7. The van der Waals surface area contributed by atoms with Crippen molar-refractivity contribution >= 4 is 17.0 Å². The van der Waals surface area contributed by atoms with Gasteiger partial charge in [0.15, 0.2) is 17.3 Å². The average Bonchev–Trinajstić information content (AvgIpc) is 3.42. The predicted octanol–water partition coefficient (Wildman–Crippen LogP) is 3.26. The minimum absolute atomic E-state index is 0.132. The number of anilines is 1. The van der Waals surface area contributed by atoms with E-state index in [0.29, 0.717) is 28.5 Å². The lowest BCUT2D eigenvalue weighted by Crippen LogP contribution is -2.34. The van der Waals surface area contributed by atoms with Gasteiger partial charge in [0.1, 0.15) is 5.52 Å². The molecule has 5 rings (SSSR count). The maximum atomic E-state index is 13.8. The molecule has 0 unspecified atom stereocenters. The van der Waals surface area contributed by atoms with Crippen molar-refractivity contribution in [3.05, 3.63) is 42.9 Å². The predicted molar refractivity (Wildman–Crippen MR) is 113 cm³/mol. The second-order valence-corrected chi connectivity index (χ2v) is 7.62. The molecule has 0 spiro atoms. The Labute approximate surface area is 173 Å². The summed E-state index contributed by atoms with van der Waals surface area (Å²) >= 11 is 0. The van der Waals surface area contributed by atoms with Gasteiger partial charge in [0.05, 0.1) is 24.1 Å². The van der Waals surface area contributed by atoms with Crippen molar-refractivity contribution < 1.29 is 4.39 Å². The van der Waals surface area contributed by atoms with Crippen molar-refractivity contribution in [3.63, 3.8) is 0 Å². The molecule has 0 atom stereocenters. The molecule has 0 saturated carbocycles. The summed E-state index contributed by atoms with van der Waals surface area (Å²) < 4.78 is 15.9. The van der Waals surface area contributed by atoms with E-state index in [1.165, 1.54) is 12.3 Å². The summed E-state index contributed by atoms with van der Waals surface area (Å²) in [6.07, 6.45) is 11.1. The van der Waals surface area contributed by atoms with E-state index in [-0.39, 0.29) is 5.82 Å². The molecular formula is C21H23FN8. The Morgan fingerprint density at radius 1 is 1.17 bits per heavy atom. The number of H-pyrrole nitrogens is 1. The zero-order chi connectivity index (χ0) is 20.7. The highest BCUT2D eigenvalue weighted by atomic mass is 19.1. The monoisotopic (exact) mass is 406 g/mol. The van der Waals surface area contributed by atoms with Gasteiger partial charge in [-0.2, -0.15) is 5.10 Å². The van der Waals surface area contributed by atoms with Crippen LogP contribution in [0, 0.1) is 5.82 Å². The lowest BCUT2D eigenvalue weighted by molar-refractivity contribution is 0.187. The van der Waals surface area contributed by atoms with Gasteiger partial charge in [0.25, 0.3) is 0 Å². The first kappa shape index (κ1) is 18.7. The first-order valence-electron chi connectivity index (χ1n) is 10.1. The minimum Gasteiger partial charge on any atom is -0.381 e. The lowest BCUT2D eigenvalue weighted by Gasteiger charge is -2.31. The summed E-state index contributed by atoms with van der Waals surface area (Å²) in [5, 5.41) is 4.62. The van der Waals surface area contributed by atoms with Gasteiger partial charge in [-0.1, -0.05) is 6.92 Å². The van der Waals surface area contributed by atoms with E-state index >= 15 is 0 Å². The van der Waals surface area contributed by atoms with Gasteiger partial charge in [-0.25, -0.2) is 19.3 Å². The maximum absolute atomic E-state index is 13.8. The Morgan fingerprint density at radius 2 is 2.00 bits per heavy atom. The van der Waals surface area contributed by atoms with Gasteiger partial charge in [0.2, 0.25) is 0 Å². The zero-order valence-electron chi connectivity index (χ0n) is 16.7. The number of nitrogens with one attached hydrogen (secondary N) is 1. The van der Waals surface area contributed by atoms with Crippen LogP contribution in [0.15, 0.2) is 37.1 Å². The molecule has 1 fully saturated rings. The summed E-state index contributed by atoms with van der Waals surface area (Å²) in [6, 6.07) is 1.74. The van der Waals surface area contributed by atoms with Crippen molar-refractivity contribution in [3.8, 4) is 22.4 Å². The molecule has 0 radical (unpaired) electrons. The van der Waals surface area contributed by atoms with Crippen molar-refractivity contribution in [2.45, 2.75) is 25.8 Å². The zero-order valence-corrected chi connectivity index (χ0v) is 16.7. The molecule has 3 N–H and O–H groups in total. The topological polar surface area (TPSA) is 102 Å². The molecule has 9 heteroatoms. The van der Waals surface area contributed by atoms with E-state index in [4.69, 9.17) is 10.7 Å². The molecule has 0 aliphatic carbocycles. The highest BCUT2D eigenvalue weighted by molar-refractivity contribution is 5.91. The molecule has 30 heavy (non-hydrogen) atoms. The first-order valence-corrected chi connectivity index (χ1v) is 10.1. The number of fused-ring (bicyclic) bond motifs is 1. The standard InChI is InChI=1S/C21H23FN8/c1-2-29-5-3-15(4-6-29)30-12-14(9-27-30)16-10-25-21-19(16)28-18(11-26-21)13-7-17(22)20(23)24-8-13/h7-12,15H,2-6H2,1H3,(H2,23,24)(H,25,26). The summed E-state index contributed by atoms with van der Waals surface area (Å²) in [5.41, 5.74) is 9.82. The molecule has 8 nitrogen and oxygen atoms in total. The number of nitrogens with two attached hydrogens (primary N) is 1. The Balaban J connectivity index is 1.46. The number of aromatic nitrogens is 6. The van der Waals surface area contributed by atoms with Crippen molar-refractivity contribution in [2.75, 3.05) is 25.4 Å². The fourth-order valence-electron chi connectivity index (χ4n) is 4.02. The molecule has 1 saturated heterocycles. The Morgan fingerprint density at radius 3 is 2.77 bits per heavy atom. The van der Waals surface area contributed by atoms with Gasteiger partial charge in [-0.15, -0.1) is 0 Å². The molecule has 0 amide bonds. The Hall–Kier alpha value is -3.33. The van der Waals surface area contributed by atoms with Crippen LogP contribution in [0.1, 0.15) is 25.8 Å². The average molecular weight is 406 g/mol. The van der Waals surface area contributed by atoms with Gasteiger partial charge in [0, 0.05) is 48.4 Å². The quantitative estimate of drug-likeness (QED) is 0.539. The van der Waals surface area contributed by atoms with E-state index in [2.05, 4.69) is 42.8 Å². The number of nitrogen functional groups attached to an aromatic ring is 1. The third kappa shape index (κ3) is 3.30. The smallest absolute Gasteiger partial charge is 0.165 e. The Kier molecular flexibility index (Phi) is 4.66. The van der Waals surface area contributed by atoms with E-state index in [1.54, 1.807) is 6.20 Å². The summed E-state index contributed by atoms with van der Waals surface area (Å²) in [5.74, 6) is -0.702. The summed E-state index contributed by atoms with van der Waals surface area (Å²) in [6.45, 7) is 5.50. The Bertz CT molecular complexity index is 1190. The fourth-order valence-corrected chi connectivity index (χ4v) is 4.02. The van der Waals surface area contributed by atoms with Gasteiger partial charge in [-0.05, 0) is 25.5 Å². The second kappa shape index (κ2) is 7.49. The van der Waals surface area contributed by atoms with Crippen LogP contribution in [-0.4, -0.2) is 54.3 Å². The molecule has 4 aromatic heterocycles. The van der Waals surface area contributed by atoms with Crippen molar-refractivity contribution in [1.82, 2.24) is 34.6 Å². The molecule has 1 aliphatic rings.